The van der Waals surface area contributed by atoms with E-state index in [9.17, 15) is 14.7 Å². The molecule has 1 heterocycles. The Hall–Kier alpha value is -2.38. The molecule has 1 aromatic rings. The molecule has 0 unspecified atom stereocenters. The van der Waals surface area contributed by atoms with Crippen molar-refractivity contribution in [3.05, 3.63) is 42.5 Å². The number of hydrogen-bond acceptors (Lipinski definition) is 5. The average Bonchev–Trinajstić information content (AvgIpc) is 2.84. The molecule has 0 aliphatic carbocycles. The van der Waals surface area contributed by atoms with Crippen LogP contribution >= 0.6 is 0 Å². The number of carbonyl (C=O) groups is 2. The maximum absolute atomic E-state index is 9.55. The molecule has 1 aliphatic rings. The Balaban J connectivity index is 0.000000240. The summed E-state index contributed by atoms with van der Waals surface area (Å²) < 4.78 is 5.58. The topological polar surface area (TPSA) is 116 Å². The van der Waals surface area contributed by atoms with E-state index in [1.807, 2.05) is 30.3 Å². The molecule has 7 heteroatoms. The van der Waals surface area contributed by atoms with Crippen LogP contribution in [-0.2, 0) is 9.59 Å². The molecule has 0 bridgehead atoms. The largest absolute Gasteiger partial charge is 0.486 e. The Labute approximate surface area is 121 Å². The molecule has 0 radical (unpaired) electrons. The molecule has 114 valence electrons. The zero-order valence-corrected chi connectivity index (χ0v) is 11.2. The van der Waals surface area contributed by atoms with Crippen LogP contribution in [0, 0.1) is 0 Å². The van der Waals surface area contributed by atoms with Crippen molar-refractivity contribution in [1.29, 1.82) is 0 Å². The number of rotatable bonds is 4. The van der Waals surface area contributed by atoms with Gasteiger partial charge in [0.25, 0.3) is 0 Å². The van der Waals surface area contributed by atoms with E-state index in [4.69, 9.17) is 14.9 Å². The number of nitrogens with one attached hydrogen (secondary N) is 1. The van der Waals surface area contributed by atoms with E-state index < -0.39 is 11.9 Å². The van der Waals surface area contributed by atoms with Gasteiger partial charge in [0.2, 0.25) is 0 Å². The molecule has 2 atom stereocenters. The first kappa shape index (κ1) is 16.7. The number of ether oxygens (including phenoxy) is 1. The van der Waals surface area contributed by atoms with Crippen molar-refractivity contribution >= 4 is 11.9 Å². The van der Waals surface area contributed by atoms with Crippen molar-refractivity contribution in [2.75, 3.05) is 13.1 Å². The van der Waals surface area contributed by atoms with E-state index in [2.05, 4.69) is 5.32 Å². The number of benzene rings is 1. The third kappa shape index (κ3) is 7.09. The normalized spacial score (nSPS) is 20.6. The zero-order valence-electron chi connectivity index (χ0n) is 11.2. The lowest BCUT2D eigenvalue weighted by Crippen LogP contribution is -2.29. The predicted octanol–water partition coefficient (Wildman–Crippen LogP) is 0.110. The van der Waals surface area contributed by atoms with Gasteiger partial charge >= 0.3 is 11.9 Å². The second kappa shape index (κ2) is 8.72. The highest BCUT2D eigenvalue weighted by Crippen LogP contribution is 2.14. The predicted molar refractivity (Wildman–Crippen MR) is 74.1 cm³/mol. The average molecular weight is 295 g/mol. The Kier molecular flexibility index (Phi) is 6.93. The lowest BCUT2D eigenvalue weighted by atomic mass is 10.2. The SMILES string of the molecule is O=C(O)/C=C/C(=O)O.O[C@@H]1CNC[C@H]1Oc1ccccc1. The molecule has 1 fully saturated rings. The molecular weight excluding hydrogens is 278 g/mol. The van der Waals surface area contributed by atoms with Crippen LogP contribution in [0.5, 0.6) is 5.75 Å². The van der Waals surface area contributed by atoms with Gasteiger partial charge in [-0.15, -0.1) is 0 Å². The quantitative estimate of drug-likeness (QED) is 0.582. The summed E-state index contributed by atoms with van der Waals surface area (Å²) in [7, 11) is 0. The number of aliphatic hydroxyl groups excluding tert-OH is 1. The van der Waals surface area contributed by atoms with Gasteiger partial charge in [0.15, 0.2) is 0 Å². The van der Waals surface area contributed by atoms with Crippen molar-refractivity contribution in [2.45, 2.75) is 12.2 Å². The number of carboxylic acids is 2. The number of hydrogen-bond donors (Lipinski definition) is 4. The fourth-order valence-electron chi connectivity index (χ4n) is 1.58. The molecule has 0 spiro atoms. The molecule has 0 saturated carbocycles. The standard InChI is InChI=1S/C10H13NO2.C4H4O4/c12-9-6-11-7-10(9)13-8-4-2-1-3-5-8;5-3(6)1-2-4(7)8/h1-5,9-12H,6-7H2;1-2H,(H,5,6)(H,7,8)/b;2-1+/t9-,10-;/m1./s1. The van der Waals surface area contributed by atoms with Crippen molar-refractivity contribution in [2.24, 2.45) is 0 Å². The van der Waals surface area contributed by atoms with Crippen molar-refractivity contribution < 1.29 is 29.6 Å². The second-order valence-electron chi connectivity index (χ2n) is 4.20. The summed E-state index contributed by atoms with van der Waals surface area (Å²) in [5.74, 6) is -1.70. The number of β-amino-alcohol motifs (C(OH)–C–C–N with tert-alkyl or cyclic N) is 1. The van der Waals surface area contributed by atoms with Crippen molar-refractivity contribution in [3.8, 4) is 5.75 Å². The van der Waals surface area contributed by atoms with Crippen LogP contribution in [-0.4, -0.2) is 52.6 Å². The van der Waals surface area contributed by atoms with Gasteiger partial charge in [-0.1, -0.05) is 18.2 Å². The molecule has 0 aromatic heterocycles. The summed E-state index contributed by atoms with van der Waals surface area (Å²) in [5, 5.41) is 28.2. The zero-order chi connectivity index (χ0) is 15.7. The van der Waals surface area contributed by atoms with E-state index in [0.29, 0.717) is 18.7 Å². The number of para-hydroxylation sites is 1. The molecule has 1 saturated heterocycles. The van der Waals surface area contributed by atoms with Crippen molar-refractivity contribution in [1.82, 2.24) is 5.32 Å². The van der Waals surface area contributed by atoms with Crippen LogP contribution in [0.3, 0.4) is 0 Å². The van der Waals surface area contributed by atoms with Gasteiger partial charge in [-0.2, -0.15) is 0 Å². The van der Waals surface area contributed by atoms with Crippen LogP contribution < -0.4 is 10.1 Å². The Bertz CT molecular complexity index is 471. The van der Waals surface area contributed by atoms with Crippen LogP contribution in [0.2, 0.25) is 0 Å². The van der Waals surface area contributed by atoms with E-state index in [1.54, 1.807) is 0 Å². The van der Waals surface area contributed by atoms with Crippen LogP contribution in [0.25, 0.3) is 0 Å². The highest BCUT2D eigenvalue weighted by molar-refractivity contribution is 5.89. The number of aliphatic hydroxyl groups is 1. The van der Waals surface area contributed by atoms with Gasteiger partial charge in [-0.25, -0.2) is 9.59 Å². The molecule has 21 heavy (non-hydrogen) atoms. The fraction of sp³-hybridized carbons (Fsp3) is 0.286. The third-order valence-electron chi connectivity index (χ3n) is 2.53. The number of carboxylic acid groups (broad SMARTS) is 2. The molecule has 2 rings (SSSR count). The first-order valence-corrected chi connectivity index (χ1v) is 6.23. The van der Waals surface area contributed by atoms with Gasteiger partial charge in [-0.3, -0.25) is 0 Å². The minimum Gasteiger partial charge on any atom is -0.486 e. The molecule has 1 aromatic carbocycles. The summed E-state index contributed by atoms with van der Waals surface area (Å²) in [6, 6.07) is 9.57. The lowest BCUT2D eigenvalue weighted by Gasteiger charge is -2.15. The molecule has 4 N–H and O–H groups in total. The highest BCUT2D eigenvalue weighted by Gasteiger charge is 2.26. The van der Waals surface area contributed by atoms with Crippen LogP contribution in [0.15, 0.2) is 42.5 Å². The molecule has 1 aliphatic heterocycles. The van der Waals surface area contributed by atoms with E-state index >= 15 is 0 Å². The van der Waals surface area contributed by atoms with Crippen molar-refractivity contribution in [3.63, 3.8) is 0 Å². The minimum absolute atomic E-state index is 0.109. The molecule has 7 nitrogen and oxygen atoms in total. The van der Waals surface area contributed by atoms with Gasteiger partial charge in [0.1, 0.15) is 18.0 Å². The first-order chi connectivity index (χ1) is 9.99. The third-order valence-corrected chi connectivity index (χ3v) is 2.53. The van der Waals surface area contributed by atoms with Gasteiger partial charge in [0, 0.05) is 25.2 Å². The summed E-state index contributed by atoms with van der Waals surface area (Å²) in [4.78, 5) is 19.1. The highest BCUT2D eigenvalue weighted by atomic mass is 16.5. The monoisotopic (exact) mass is 295 g/mol. The Morgan fingerprint density at radius 3 is 2.10 bits per heavy atom. The summed E-state index contributed by atoms with van der Waals surface area (Å²) in [6.45, 7) is 1.34. The van der Waals surface area contributed by atoms with Gasteiger partial charge in [0.05, 0.1) is 0 Å². The van der Waals surface area contributed by atoms with E-state index in [-0.39, 0.29) is 12.2 Å². The van der Waals surface area contributed by atoms with Crippen LogP contribution in [0.4, 0.5) is 0 Å². The molecule has 0 amide bonds. The van der Waals surface area contributed by atoms with E-state index in [1.165, 1.54) is 0 Å². The summed E-state index contributed by atoms with van der Waals surface area (Å²) >= 11 is 0. The Morgan fingerprint density at radius 1 is 1.10 bits per heavy atom. The smallest absolute Gasteiger partial charge is 0.328 e. The second-order valence-corrected chi connectivity index (χ2v) is 4.20. The van der Waals surface area contributed by atoms with Gasteiger partial charge in [-0.05, 0) is 12.1 Å². The minimum atomic E-state index is -1.26. The lowest BCUT2D eigenvalue weighted by molar-refractivity contribution is -0.134. The summed E-state index contributed by atoms with van der Waals surface area (Å²) in [6.07, 6.45) is 0.618. The fourth-order valence-corrected chi connectivity index (χ4v) is 1.58. The first-order valence-electron chi connectivity index (χ1n) is 6.23. The summed E-state index contributed by atoms with van der Waals surface area (Å²) in [5.41, 5.74) is 0. The number of aliphatic carboxylic acids is 2. The van der Waals surface area contributed by atoms with E-state index in [0.717, 1.165) is 12.3 Å². The maximum atomic E-state index is 9.55. The maximum Gasteiger partial charge on any atom is 0.328 e. The van der Waals surface area contributed by atoms with Gasteiger partial charge < -0.3 is 25.4 Å². The Morgan fingerprint density at radius 2 is 1.67 bits per heavy atom. The molecular formula is C14H17NO6. The van der Waals surface area contributed by atoms with Crippen LogP contribution in [0.1, 0.15) is 0 Å².